The molecule has 0 aliphatic carbocycles. The summed E-state index contributed by atoms with van der Waals surface area (Å²) in [6.45, 7) is 6.91. The molecule has 0 heterocycles. The van der Waals surface area contributed by atoms with Crippen LogP contribution < -0.4 is 0 Å². The van der Waals surface area contributed by atoms with Gasteiger partial charge in [0.2, 0.25) is 0 Å². The zero-order valence-electron chi connectivity index (χ0n) is 9.75. The Kier molecular flexibility index (Phi) is 7.09. The summed E-state index contributed by atoms with van der Waals surface area (Å²) in [5.41, 5.74) is -0.176. The van der Waals surface area contributed by atoms with Gasteiger partial charge in [0.15, 0.2) is 0 Å². The van der Waals surface area contributed by atoms with Gasteiger partial charge in [-0.15, -0.1) is 0 Å². The predicted molar refractivity (Wildman–Crippen MR) is 56.5 cm³/mol. The maximum absolute atomic E-state index is 9.10. The fraction of sp³-hybridized carbons (Fsp3) is 1.00. The number of aliphatic hydroxyl groups excluding tert-OH is 1. The molecule has 0 unspecified atom stereocenters. The molecule has 0 saturated heterocycles. The Hall–Kier alpha value is -0.160. The minimum atomic E-state index is -0.176. The Morgan fingerprint density at radius 3 is 2.36 bits per heavy atom. The molecular weight excluding hydrogens is 182 g/mol. The van der Waals surface area contributed by atoms with Crippen LogP contribution in [0.3, 0.4) is 0 Å². The summed E-state index contributed by atoms with van der Waals surface area (Å²) in [6.07, 6.45) is 0. The first-order valence-electron chi connectivity index (χ1n) is 4.93. The Balaban J connectivity index is 3.48. The summed E-state index contributed by atoms with van der Waals surface area (Å²) >= 11 is 0. The van der Waals surface area contributed by atoms with E-state index in [1.807, 2.05) is 20.9 Å². The van der Waals surface area contributed by atoms with E-state index in [0.717, 1.165) is 6.54 Å². The Bertz CT molecular complexity index is 139. The van der Waals surface area contributed by atoms with E-state index in [2.05, 4.69) is 4.90 Å². The molecule has 14 heavy (non-hydrogen) atoms. The molecule has 0 rings (SSSR count). The number of hydrogen-bond donors (Lipinski definition) is 1. The van der Waals surface area contributed by atoms with Gasteiger partial charge in [-0.3, -0.25) is 4.90 Å². The van der Waals surface area contributed by atoms with E-state index in [1.54, 1.807) is 7.11 Å². The quantitative estimate of drug-likeness (QED) is 0.581. The molecule has 4 heteroatoms. The van der Waals surface area contributed by atoms with Crippen molar-refractivity contribution in [2.45, 2.75) is 19.4 Å². The molecule has 0 spiro atoms. The Labute approximate surface area is 86.8 Å². The molecule has 0 radical (unpaired) electrons. The van der Waals surface area contributed by atoms with Crippen LogP contribution in [0.15, 0.2) is 0 Å². The molecule has 0 aromatic carbocycles. The number of methoxy groups -OCH3 is 1. The first-order valence-corrected chi connectivity index (χ1v) is 4.93. The molecule has 4 nitrogen and oxygen atoms in total. The highest BCUT2D eigenvalue weighted by Gasteiger charge is 2.21. The Morgan fingerprint density at radius 2 is 1.86 bits per heavy atom. The molecule has 0 bridgehead atoms. The molecular formula is C10H23NO3. The average Bonchev–Trinajstić information content (AvgIpc) is 2.17. The van der Waals surface area contributed by atoms with E-state index in [0.29, 0.717) is 19.8 Å². The fourth-order valence-corrected chi connectivity index (χ4v) is 0.869. The minimum Gasteiger partial charge on any atom is -0.394 e. The van der Waals surface area contributed by atoms with Crippen molar-refractivity contribution in [1.82, 2.24) is 4.90 Å². The largest absolute Gasteiger partial charge is 0.394 e. The third kappa shape index (κ3) is 5.54. The molecule has 1 N–H and O–H groups in total. The van der Waals surface area contributed by atoms with Gasteiger partial charge in [0.1, 0.15) is 0 Å². The van der Waals surface area contributed by atoms with Gasteiger partial charge >= 0.3 is 0 Å². The van der Waals surface area contributed by atoms with E-state index < -0.39 is 0 Å². The number of likely N-dealkylation sites (N-methyl/N-ethyl adjacent to an activating group) is 1. The molecule has 0 amide bonds. The van der Waals surface area contributed by atoms with Crippen LogP contribution in [0.2, 0.25) is 0 Å². The van der Waals surface area contributed by atoms with Crippen molar-refractivity contribution in [2.75, 3.05) is 47.1 Å². The van der Waals surface area contributed by atoms with E-state index in [1.165, 1.54) is 0 Å². The van der Waals surface area contributed by atoms with E-state index in [4.69, 9.17) is 14.6 Å². The Morgan fingerprint density at radius 1 is 1.21 bits per heavy atom. The molecule has 0 aliphatic heterocycles. The van der Waals surface area contributed by atoms with E-state index in [9.17, 15) is 0 Å². The van der Waals surface area contributed by atoms with Crippen LogP contribution in [0.25, 0.3) is 0 Å². The monoisotopic (exact) mass is 205 g/mol. The lowest BCUT2D eigenvalue weighted by Gasteiger charge is -2.33. The second-order valence-corrected chi connectivity index (χ2v) is 4.00. The van der Waals surface area contributed by atoms with Crippen LogP contribution in [0, 0.1) is 0 Å². The van der Waals surface area contributed by atoms with Crippen LogP contribution >= 0.6 is 0 Å². The van der Waals surface area contributed by atoms with Crippen LogP contribution in [0.1, 0.15) is 13.8 Å². The molecule has 0 aromatic heterocycles. The lowest BCUT2D eigenvalue weighted by molar-refractivity contribution is 0.0275. The van der Waals surface area contributed by atoms with Crippen molar-refractivity contribution in [3.8, 4) is 0 Å². The topological polar surface area (TPSA) is 41.9 Å². The minimum absolute atomic E-state index is 0.154. The van der Waals surface area contributed by atoms with Gasteiger partial charge in [0.05, 0.1) is 26.4 Å². The second-order valence-electron chi connectivity index (χ2n) is 4.00. The summed E-state index contributed by atoms with van der Waals surface area (Å²) in [4.78, 5) is 2.08. The van der Waals surface area contributed by atoms with Crippen LogP contribution in [-0.4, -0.2) is 62.7 Å². The highest BCUT2D eigenvalue weighted by atomic mass is 16.5. The molecule has 0 fully saturated rings. The standard InChI is InChI=1S/C10H23NO3/c1-10(2,9-12)11(3)5-6-14-8-7-13-4/h12H,5-9H2,1-4H3. The zero-order valence-corrected chi connectivity index (χ0v) is 9.75. The summed E-state index contributed by atoms with van der Waals surface area (Å²) in [5.74, 6) is 0. The first kappa shape index (κ1) is 13.8. The lowest BCUT2D eigenvalue weighted by atomic mass is 10.1. The fourth-order valence-electron chi connectivity index (χ4n) is 0.869. The van der Waals surface area contributed by atoms with Gasteiger partial charge in [0.25, 0.3) is 0 Å². The number of nitrogens with zero attached hydrogens (tertiary/aromatic N) is 1. The van der Waals surface area contributed by atoms with E-state index in [-0.39, 0.29) is 12.1 Å². The van der Waals surface area contributed by atoms with Crippen LogP contribution in [0.5, 0.6) is 0 Å². The molecule has 0 aliphatic rings. The third-order valence-corrected chi connectivity index (χ3v) is 2.42. The highest BCUT2D eigenvalue weighted by Crippen LogP contribution is 2.09. The summed E-state index contributed by atoms with van der Waals surface area (Å²) < 4.78 is 10.2. The molecule has 0 aromatic rings. The maximum Gasteiger partial charge on any atom is 0.0700 e. The number of aliphatic hydroxyl groups is 1. The normalized spacial score (nSPS) is 12.4. The third-order valence-electron chi connectivity index (χ3n) is 2.42. The van der Waals surface area contributed by atoms with Gasteiger partial charge in [-0.05, 0) is 20.9 Å². The van der Waals surface area contributed by atoms with Gasteiger partial charge in [-0.2, -0.15) is 0 Å². The maximum atomic E-state index is 9.10. The highest BCUT2D eigenvalue weighted by molar-refractivity contribution is 4.77. The summed E-state index contributed by atoms with van der Waals surface area (Å²) in [5, 5.41) is 9.10. The van der Waals surface area contributed by atoms with Crippen molar-refractivity contribution in [2.24, 2.45) is 0 Å². The zero-order chi connectivity index (χ0) is 11.0. The molecule has 0 saturated carbocycles. The number of hydrogen-bond acceptors (Lipinski definition) is 4. The summed E-state index contributed by atoms with van der Waals surface area (Å²) in [6, 6.07) is 0. The average molecular weight is 205 g/mol. The van der Waals surface area contributed by atoms with Crippen molar-refractivity contribution in [3.05, 3.63) is 0 Å². The van der Waals surface area contributed by atoms with Crippen molar-refractivity contribution < 1.29 is 14.6 Å². The van der Waals surface area contributed by atoms with Gasteiger partial charge in [-0.1, -0.05) is 0 Å². The van der Waals surface area contributed by atoms with Gasteiger partial charge < -0.3 is 14.6 Å². The molecule has 86 valence electrons. The second kappa shape index (κ2) is 7.17. The van der Waals surface area contributed by atoms with E-state index >= 15 is 0 Å². The number of ether oxygens (including phenoxy) is 2. The lowest BCUT2D eigenvalue weighted by Crippen LogP contribution is -2.45. The van der Waals surface area contributed by atoms with Crippen LogP contribution in [-0.2, 0) is 9.47 Å². The SMILES string of the molecule is COCCOCCN(C)C(C)(C)CO. The van der Waals surface area contributed by atoms with Crippen molar-refractivity contribution in [1.29, 1.82) is 0 Å². The molecule has 0 atom stereocenters. The van der Waals surface area contributed by atoms with Crippen molar-refractivity contribution >= 4 is 0 Å². The van der Waals surface area contributed by atoms with Crippen LogP contribution in [0.4, 0.5) is 0 Å². The predicted octanol–water partition coefficient (Wildman–Crippen LogP) is 0.352. The summed E-state index contributed by atoms with van der Waals surface area (Å²) in [7, 11) is 3.64. The smallest absolute Gasteiger partial charge is 0.0700 e. The first-order chi connectivity index (χ1) is 6.54. The number of rotatable bonds is 8. The van der Waals surface area contributed by atoms with Gasteiger partial charge in [-0.25, -0.2) is 0 Å². The van der Waals surface area contributed by atoms with Gasteiger partial charge in [0, 0.05) is 19.2 Å². The van der Waals surface area contributed by atoms with Crippen molar-refractivity contribution in [3.63, 3.8) is 0 Å².